The van der Waals surface area contributed by atoms with Crippen molar-refractivity contribution in [1.29, 1.82) is 0 Å². The topological polar surface area (TPSA) is 46.5 Å². The number of carbonyl (C=O) groups excluding carboxylic acids is 1. The number of methoxy groups -OCH3 is 1. The highest BCUT2D eigenvalue weighted by Gasteiger charge is 2.01. The fraction of sp³-hybridized carbons (Fsp3) is 0.923. The van der Waals surface area contributed by atoms with Crippen LogP contribution in [-0.4, -0.2) is 24.3 Å². The Balaban J connectivity index is 3.07. The van der Waals surface area contributed by atoms with Crippen LogP contribution in [0, 0.1) is 0 Å². The quantitative estimate of drug-likeness (QED) is 0.463. The van der Waals surface area contributed by atoms with Crippen LogP contribution in [0.15, 0.2) is 0 Å². The van der Waals surface area contributed by atoms with E-state index in [9.17, 15) is 9.90 Å². The second kappa shape index (κ2) is 10.9. The van der Waals surface area contributed by atoms with Crippen molar-refractivity contribution in [3.05, 3.63) is 0 Å². The van der Waals surface area contributed by atoms with Gasteiger partial charge >= 0.3 is 5.97 Å². The molecule has 0 aliphatic rings. The first kappa shape index (κ1) is 15.4. The van der Waals surface area contributed by atoms with Gasteiger partial charge in [-0.25, -0.2) is 0 Å². The lowest BCUT2D eigenvalue weighted by atomic mass is 10.1. The number of aliphatic hydroxyl groups excluding tert-OH is 1. The summed E-state index contributed by atoms with van der Waals surface area (Å²) >= 11 is 0. The summed E-state index contributed by atoms with van der Waals surface area (Å²) in [6, 6.07) is 0. The SMILES string of the molecule is CCC(O)CCCCCCCCC(=O)OC. The van der Waals surface area contributed by atoms with E-state index < -0.39 is 0 Å². The normalized spacial score (nSPS) is 12.4. The third-order valence-corrected chi connectivity index (χ3v) is 2.87. The van der Waals surface area contributed by atoms with E-state index in [-0.39, 0.29) is 12.1 Å². The second-order valence-corrected chi connectivity index (χ2v) is 4.30. The number of aliphatic hydroxyl groups is 1. The van der Waals surface area contributed by atoms with Crippen LogP contribution in [0.1, 0.15) is 64.7 Å². The predicted molar refractivity (Wildman–Crippen MR) is 65.2 cm³/mol. The summed E-state index contributed by atoms with van der Waals surface area (Å²) in [5.74, 6) is -0.105. The first-order valence-corrected chi connectivity index (χ1v) is 6.45. The van der Waals surface area contributed by atoms with Crippen LogP contribution in [0.3, 0.4) is 0 Å². The van der Waals surface area contributed by atoms with Gasteiger partial charge in [0.2, 0.25) is 0 Å². The average molecular weight is 230 g/mol. The summed E-state index contributed by atoms with van der Waals surface area (Å²) < 4.78 is 4.57. The van der Waals surface area contributed by atoms with Gasteiger partial charge < -0.3 is 9.84 Å². The molecule has 3 heteroatoms. The third-order valence-electron chi connectivity index (χ3n) is 2.87. The van der Waals surface area contributed by atoms with Gasteiger partial charge in [0.1, 0.15) is 0 Å². The predicted octanol–water partition coefficient (Wildman–Crippen LogP) is 3.05. The number of carbonyl (C=O) groups is 1. The first-order valence-electron chi connectivity index (χ1n) is 6.45. The van der Waals surface area contributed by atoms with Crippen molar-refractivity contribution in [2.75, 3.05) is 7.11 Å². The lowest BCUT2D eigenvalue weighted by molar-refractivity contribution is -0.140. The molecular weight excluding hydrogens is 204 g/mol. The minimum atomic E-state index is -0.112. The molecule has 0 aromatic heterocycles. The van der Waals surface area contributed by atoms with Gasteiger partial charge in [0.05, 0.1) is 13.2 Å². The van der Waals surface area contributed by atoms with Crippen molar-refractivity contribution in [2.45, 2.75) is 70.8 Å². The van der Waals surface area contributed by atoms with Crippen molar-refractivity contribution >= 4 is 5.97 Å². The molecule has 0 bridgehead atoms. The second-order valence-electron chi connectivity index (χ2n) is 4.30. The van der Waals surface area contributed by atoms with Crippen LogP contribution < -0.4 is 0 Å². The number of esters is 1. The fourth-order valence-electron chi connectivity index (χ4n) is 1.66. The minimum absolute atomic E-state index is 0.105. The van der Waals surface area contributed by atoms with Crippen LogP contribution in [0.5, 0.6) is 0 Å². The van der Waals surface area contributed by atoms with Gasteiger partial charge in [-0.05, 0) is 19.3 Å². The van der Waals surface area contributed by atoms with Gasteiger partial charge in [-0.15, -0.1) is 0 Å². The van der Waals surface area contributed by atoms with Crippen molar-refractivity contribution in [3.8, 4) is 0 Å². The van der Waals surface area contributed by atoms with E-state index in [2.05, 4.69) is 4.74 Å². The third kappa shape index (κ3) is 9.97. The number of unbranched alkanes of at least 4 members (excludes halogenated alkanes) is 5. The molecule has 0 amide bonds. The molecule has 96 valence electrons. The van der Waals surface area contributed by atoms with Gasteiger partial charge in [0.25, 0.3) is 0 Å². The first-order chi connectivity index (χ1) is 7.70. The summed E-state index contributed by atoms with van der Waals surface area (Å²) in [5, 5.41) is 9.34. The highest BCUT2D eigenvalue weighted by atomic mass is 16.5. The average Bonchev–Trinajstić information content (AvgIpc) is 2.31. The molecule has 0 aliphatic heterocycles. The molecule has 0 rings (SSSR count). The molecule has 0 aromatic rings. The summed E-state index contributed by atoms with van der Waals surface area (Å²) in [5.41, 5.74) is 0. The molecule has 1 N–H and O–H groups in total. The Kier molecular flexibility index (Phi) is 10.5. The highest BCUT2D eigenvalue weighted by Crippen LogP contribution is 2.10. The molecule has 0 saturated carbocycles. The Morgan fingerprint density at radius 3 is 2.25 bits per heavy atom. The van der Waals surface area contributed by atoms with E-state index in [1.165, 1.54) is 26.4 Å². The number of rotatable bonds is 10. The molecule has 1 unspecified atom stereocenters. The van der Waals surface area contributed by atoms with Crippen molar-refractivity contribution in [1.82, 2.24) is 0 Å². The Morgan fingerprint density at radius 2 is 1.69 bits per heavy atom. The molecular formula is C13H26O3. The van der Waals surface area contributed by atoms with Crippen LogP contribution in [0.2, 0.25) is 0 Å². The highest BCUT2D eigenvalue weighted by molar-refractivity contribution is 5.68. The van der Waals surface area contributed by atoms with Crippen molar-refractivity contribution < 1.29 is 14.6 Å². The standard InChI is InChI=1S/C13H26O3/c1-3-12(14)10-8-6-4-5-7-9-11-13(15)16-2/h12,14H,3-11H2,1-2H3. The fourth-order valence-corrected chi connectivity index (χ4v) is 1.66. The largest absolute Gasteiger partial charge is 0.469 e. The summed E-state index contributed by atoms with van der Waals surface area (Å²) in [6.07, 6.45) is 8.95. The van der Waals surface area contributed by atoms with E-state index in [0.29, 0.717) is 6.42 Å². The van der Waals surface area contributed by atoms with Gasteiger partial charge in [0, 0.05) is 6.42 Å². The van der Waals surface area contributed by atoms with Crippen LogP contribution >= 0.6 is 0 Å². The molecule has 0 spiro atoms. The maximum Gasteiger partial charge on any atom is 0.305 e. The van der Waals surface area contributed by atoms with Crippen molar-refractivity contribution in [3.63, 3.8) is 0 Å². The molecule has 0 heterocycles. The Bertz CT molecular complexity index is 169. The van der Waals surface area contributed by atoms with Gasteiger partial charge in [-0.1, -0.05) is 39.0 Å². The summed E-state index contributed by atoms with van der Waals surface area (Å²) in [4.78, 5) is 10.8. The van der Waals surface area contributed by atoms with E-state index in [0.717, 1.165) is 32.1 Å². The summed E-state index contributed by atoms with van der Waals surface area (Å²) in [6.45, 7) is 2.01. The summed E-state index contributed by atoms with van der Waals surface area (Å²) in [7, 11) is 1.43. The van der Waals surface area contributed by atoms with Crippen LogP contribution in [-0.2, 0) is 9.53 Å². The zero-order valence-electron chi connectivity index (χ0n) is 10.7. The maximum absolute atomic E-state index is 10.8. The lowest BCUT2D eigenvalue weighted by Gasteiger charge is -2.06. The van der Waals surface area contributed by atoms with Crippen LogP contribution in [0.25, 0.3) is 0 Å². The molecule has 16 heavy (non-hydrogen) atoms. The number of hydrogen-bond acceptors (Lipinski definition) is 3. The smallest absolute Gasteiger partial charge is 0.305 e. The molecule has 0 radical (unpaired) electrons. The lowest BCUT2D eigenvalue weighted by Crippen LogP contribution is -2.03. The maximum atomic E-state index is 10.8. The van der Waals surface area contributed by atoms with Gasteiger partial charge in [0.15, 0.2) is 0 Å². The zero-order valence-corrected chi connectivity index (χ0v) is 10.7. The number of hydrogen-bond donors (Lipinski definition) is 1. The monoisotopic (exact) mass is 230 g/mol. The van der Waals surface area contributed by atoms with Gasteiger partial charge in [-0.3, -0.25) is 4.79 Å². The van der Waals surface area contributed by atoms with Gasteiger partial charge in [-0.2, -0.15) is 0 Å². The van der Waals surface area contributed by atoms with Crippen molar-refractivity contribution in [2.24, 2.45) is 0 Å². The molecule has 0 saturated heterocycles. The minimum Gasteiger partial charge on any atom is -0.469 e. The van der Waals surface area contributed by atoms with Crippen LogP contribution in [0.4, 0.5) is 0 Å². The Hall–Kier alpha value is -0.570. The number of ether oxygens (including phenoxy) is 1. The Morgan fingerprint density at radius 1 is 1.12 bits per heavy atom. The Labute approximate surface area is 99.2 Å². The molecule has 1 atom stereocenters. The van der Waals surface area contributed by atoms with E-state index in [4.69, 9.17) is 0 Å². The van der Waals surface area contributed by atoms with E-state index in [1.54, 1.807) is 0 Å². The molecule has 0 fully saturated rings. The van der Waals surface area contributed by atoms with E-state index in [1.807, 2.05) is 6.92 Å². The molecule has 3 nitrogen and oxygen atoms in total. The molecule has 0 aromatic carbocycles. The zero-order chi connectivity index (χ0) is 12.2. The van der Waals surface area contributed by atoms with E-state index >= 15 is 0 Å². The molecule has 0 aliphatic carbocycles.